The topological polar surface area (TPSA) is 68.2 Å². The number of carbonyl (C=O) groups is 1. The highest BCUT2D eigenvalue weighted by Gasteiger charge is 2.33. The molecule has 1 aliphatic rings. The van der Waals surface area contributed by atoms with Crippen LogP contribution in [0.2, 0.25) is 0 Å². The number of rotatable bonds is 5. The number of hydrogen-bond acceptors (Lipinski definition) is 2. The molecular formula is C16H26N2O2. The van der Waals surface area contributed by atoms with E-state index in [-0.39, 0.29) is 17.4 Å². The number of hydrogen-bond donors (Lipinski definition) is 2. The highest BCUT2D eigenvalue weighted by atomic mass is 16.3. The van der Waals surface area contributed by atoms with Gasteiger partial charge in [-0.1, -0.05) is 13.8 Å². The second-order valence-electron chi connectivity index (χ2n) is 6.82. The predicted molar refractivity (Wildman–Crippen MR) is 79.3 cm³/mol. The molecular weight excluding hydrogens is 252 g/mol. The zero-order valence-electron chi connectivity index (χ0n) is 12.8. The molecule has 1 unspecified atom stereocenters. The first-order chi connectivity index (χ1) is 9.30. The molecule has 1 aliphatic carbocycles. The van der Waals surface area contributed by atoms with Crippen LogP contribution in [0.1, 0.15) is 62.6 Å². The van der Waals surface area contributed by atoms with Gasteiger partial charge in [-0.15, -0.1) is 0 Å². The lowest BCUT2D eigenvalue weighted by molar-refractivity contribution is -0.118. The van der Waals surface area contributed by atoms with E-state index in [1.807, 2.05) is 0 Å². The summed E-state index contributed by atoms with van der Waals surface area (Å²) in [6.45, 7) is 7.40. The van der Waals surface area contributed by atoms with Gasteiger partial charge in [0, 0.05) is 29.9 Å². The summed E-state index contributed by atoms with van der Waals surface area (Å²) in [5.74, 6) is -0.229. The summed E-state index contributed by atoms with van der Waals surface area (Å²) in [6.07, 6.45) is 3.71. The highest BCUT2D eigenvalue weighted by molar-refractivity contribution is 5.73. The van der Waals surface area contributed by atoms with Crippen molar-refractivity contribution < 1.29 is 9.90 Å². The molecule has 1 aromatic heterocycles. The molecule has 4 nitrogen and oxygen atoms in total. The Morgan fingerprint density at radius 1 is 1.50 bits per heavy atom. The molecule has 1 heterocycles. The van der Waals surface area contributed by atoms with Gasteiger partial charge in [-0.2, -0.15) is 0 Å². The lowest BCUT2D eigenvalue weighted by Crippen LogP contribution is -2.27. The molecule has 1 atom stereocenters. The molecule has 4 heteroatoms. The van der Waals surface area contributed by atoms with Crippen molar-refractivity contribution in [3.8, 4) is 0 Å². The lowest BCUT2D eigenvalue weighted by atomic mass is 9.75. The van der Waals surface area contributed by atoms with Crippen molar-refractivity contribution in [3.05, 3.63) is 23.0 Å². The largest absolute Gasteiger partial charge is 0.388 e. The average molecular weight is 278 g/mol. The van der Waals surface area contributed by atoms with Crippen molar-refractivity contribution in [2.75, 3.05) is 0 Å². The van der Waals surface area contributed by atoms with Crippen LogP contribution in [0.15, 0.2) is 6.07 Å². The maximum absolute atomic E-state index is 10.8. The standard InChI is InChI=1S/C16H26N2O2/c1-11-8-12-13(9-16(2,3)10-14(12)19)18(11)7-5-4-6-15(17)20/h8,14,19H,4-7,9-10H2,1-3H3,(H2,17,20). The van der Waals surface area contributed by atoms with Crippen molar-refractivity contribution in [1.29, 1.82) is 0 Å². The van der Waals surface area contributed by atoms with Crippen molar-refractivity contribution >= 4 is 5.91 Å². The third kappa shape index (κ3) is 3.23. The number of nitrogens with two attached hydrogens (primary N) is 1. The minimum atomic E-state index is -0.348. The maximum Gasteiger partial charge on any atom is 0.217 e. The number of aliphatic hydroxyl groups excluding tert-OH is 1. The van der Waals surface area contributed by atoms with E-state index in [4.69, 9.17) is 5.73 Å². The number of aliphatic hydroxyl groups is 1. The number of fused-ring (bicyclic) bond motifs is 1. The number of unbranched alkanes of at least 4 members (excludes halogenated alkanes) is 1. The number of nitrogens with zero attached hydrogens (tertiary/aromatic N) is 1. The van der Waals surface area contributed by atoms with Crippen molar-refractivity contribution in [2.24, 2.45) is 11.1 Å². The first-order valence-corrected chi connectivity index (χ1v) is 7.45. The normalized spacial score (nSPS) is 20.7. The van der Waals surface area contributed by atoms with Gasteiger partial charge in [-0.3, -0.25) is 4.79 Å². The van der Waals surface area contributed by atoms with Crippen molar-refractivity contribution in [1.82, 2.24) is 4.57 Å². The van der Waals surface area contributed by atoms with Crippen LogP contribution in [0.5, 0.6) is 0 Å². The molecule has 0 spiro atoms. The summed E-state index contributed by atoms with van der Waals surface area (Å²) in [4.78, 5) is 10.8. The van der Waals surface area contributed by atoms with Crippen LogP contribution < -0.4 is 5.73 Å². The predicted octanol–water partition coefficient (Wildman–Crippen LogP) is 2.46. The Labute approximate surface area is 121 Å². The van der Waals surface area contributed by atoms with E-state index in [0.717, 1.165) is 37.8 Å². The monoisotopic (exact) mass is 278 g/mol. The van der Waals surface area contributed by atoms with Crippen molar-refractivity contribution in [3.63, 3.8) is 0 Å². The van der Waals surface area contributed by atoms with Gasteiger partial charge in [0.05, 0.1) is 6.10 Å². The Morgan fingerprint density at radius 2 is 2.20 bits per heavy atom. The molecule has 0 radical (unpaired) electrons. The molecule has 0 saturated heterocycles. The fourth-order valence-electron chi connectivity index (χ4n) is 3.28. The minimum absolute atomic E-state index is 0.141. The smallest absolute Gasteiger partial charge is 0.217 e. The summed E-state index contributed by atoms with van der Waals surface area (Å²) in [5.41, 5.74) is 8.87. The van der Waals surface area contributed by atoms with E-state index in [2.05, 4.69) is 31.4 Å². The minimum Gasteiger partial charge on any atom is -0.388 e. The fraction of sp³-hybridized carbons (Fsp3) is 0.688. The van der Waals surface area contributed by atoms with Gasteiger partial charge in [0.15, 0.2) is 0 Å². The Hall–Kier alpha value is -1.29. The quantitative estimate of drug-likeness (QED) is 0.812. The zero-order chi connectivity index (χ0) is 14.9. The molecule has 1 amide bonds. The number of primary amides is 1. The molecule has 3 N–H and O–H groups in total. The highest BCUT2D eigenvalue weighted by Crippen LogP contribution is 2.41. The van der Waals surface area contributed by atoms with Crippen LogP contribution in [0.4, 0.5) is 0 Å². The number of aromatic nitrogens is 1. The second-order valence-corrected chi connectivity index (χ2v) is 6.82. The average Bonchev–Trinajstić information content (AvgIpc) is 2.60. The molecule has 2 rings (SSSR count). The van der Waals surface area contributed by atoms with E-state index in [1.54, 1.807) is 0 Å². The summed E-state index contributed by atoms with van der Waals surface area (Å²) >= 11 is 0. The number of aryl methyl sites for hydroxylation is 1. The van der Waals surface area contributed by atoms with Gasteiger partial charge >= 0.3 is 0 Å². The molecule has 0 bridgehead atoms. The van der Waals surface area contributed by atoms with Crippen LogP contribution in [0.3, 0.4) is 0 Å². The fourth-order valence-corrected chi connectivity index (χ4v) is 3.28. The van der Waals surface area contributed by atoms with Crippen LogP contribution in [-0.4, -0.2) is 15.6 Å². The van der Waals surface area contributed by atoms with Crippen LogP contribution in [0.25, 0.3) is 0 Å². The van der Waals surface area contributed by atoms with E-state index in [0.29, 0.717) is 6.42 Å². The SMILES string of the molecule is Cc1cc2c(n1CCCCC(N)=O)CC(C)(C)CC2O. The maximum atomic E-state index is 10.8. The van der Waals surface area contributed by atoms with E-state index >= 15 is 0 Å². The number of amides is 1. The van der Waals surface area contributed by atoms with Gasteiger partial charge in [0.25, 0.3) is 0 Å². The van der Waals surface area contributed by atoms with Crippen molar-refractivity contribution in [2.45, 2.75) is 65.5 Å². The Morgan fingerprint density at radius 3 is 2.85 bits per heavy atom. The number of carbonyl (C=O) groups excluding carboxylic acids is 1. The van der Waals surface area contributed by atoms with E-state index in [1.165, 1.54) is 11.4 Å². The first-order valence-electron chi connectivity index (χ1n) is 7.45. The molecule has 0 aliphatic heterocycles. The van der Waals surface area contributed by atoms with Gasteiger partial charge in [0.2, 0.25) is 5.91 Å². The van der Waals surface area contributed by atoms with Gasteiger partial charge in [-0.05, 0) is 44.1 Å². The van der Waals surface area contributed by atoms with Gasteiger partial charge in [-0.25, -0.2) is 0 Å². The van der Waals surface area contributed by atoms with Gasteiger partial charge < -0.3 is 15.4 Å². The Kier molecular flexibility index (Phi) is 4.23. The zero-order valence-corrected chi connectivity index (χ0v) is 12.8. The van der Waals surface area contributed by atoms with Crippen LogP contribution in [-0.2, 0) is 17.8 Å². The third-order valence-corrected chi connectivity index (χ3v) is 4.26. The third-order valence-electron chi connectivity index (χ3n) is 4.26. The summed E-state index contributed by atoms with van der Waals surface area (Å²) in [7, 11) is 0. The van der Waals surface area contributed by atoms with Crippen LogP contribution >= 0.6 is 0 Å². The van der Waals surface area contributed by atoms with Crippen LogP contribution in [0, 0.1) is 12.3 Å². The molecule has 0 saturated carbocycles. The Bertz CT molecular complexity index is 503. The first kappa shape index (κ1) is 15.1. The second kappa shape index (κ2) is 5.60. The molecule has 0 fully saturated rings. The van der Waals surface area contributed by atoms with E-state index < -0.39 is 0 Å². The van der Waals surface area contributed by atoms with E-state index in [9.17, 15) is 9.90 Å². The molecule has 20 heavy (non-hydrogen) atoms. The molecule has 0 aromatic carbocycles. The summed E-state index contributed by atoms with van der Waals surface area (Å²) < 4.78 is 2.31. The Balaban J connectivity index is 2.12. The molecule has 1 aromatic rings. The lowest BCUT2D eigenvalue weighted by Gasteiger charge is -2.34. The summed E-state index contributed by atoms with van der Waals surface area (Å²) in [6, 6.07) is 2.11. The molecule has 112 valence electrons. The summed E-state index contributed by atoms with van der Waals surface area (Å²) in [5, 5.41) is 10.3. The van der Waals surface area contributed by atoms with Gasteiger partial charge in [0.1, 0.15) is 0 Å².